The molecule has 1 aliphatic heterocycles. The highest BCUT2D eigenvalue weighted by atomic mass is 19.2. The van der Waals surface area contributed by atoms with Gasteiger partial charge in [-0.05, 0) is 31.5 Å². The van der Waals surface area contributed by atoms with Crippen LogP contribution in [0.25, 0.3) is 11.4 Å². The van der Waals surface area contributed by atoms with Crippen LogP contribution in [0.1, 0.15) is 32.6 Å². The molecule has 0 bridgehead atoms. The van der Waals surface area contributed by atoms with E-state index in [9.17, 15) is 13.6 Å². The maximum atomic E-state index is 13.4. The number of nitrogens with zero attached hydrogens (tertiary/aromatic N) is 3. The Hall–Kier alpha value is -2.35. The summed E-state index contributed by atoms with van der Waals surface area (Å²) in [7, 11) is 0. The van der Waals surface area contributed by atoms with E-state index in [-0.39, 0.29) is 11.7 Å². The molecular weight excluding hydrogens is 330 g/mol. The highest BCUT2D eigenvalue weighted by Crippen LogP contribution is 2.26. The molecular formula is C17H20F2N4O2. The molecule has 25 heavy (non-hydrogen) atoms. The van der Waals surface area contributed by atoms with Crippen molar-refractivity contribution < 1.29 is 18.1 Å². The summed E-state index contributed by atoms with van der Waals surface area (Å²) in [6.07, 6.45) is 1.58. The zero-order valence-corrected chi connectivity index (χ0v) is 14.2. The largest absolute Gasteiger partial charge is 0.353 e. The lowest BCUT2D eigenvalue weighted by Gasteiger charge is -2.42. The number of hydrogen-bond acceptors (Lipinski definition) is 5. The maximum absolute atomic E-state index is 13.4. The second-order valence-electron chi connectivity index (χ2n) is 6.34. The third kappa shape index (κ3) is 3.39. The first-order valence-corrected chi connectivity index (χ1v) is 8.25. The van der Waals surface area contributed by atoms with Crippen LogP contribution < -0.4 is 5.32 Å². The van der Waals surface area contributed by atoms with Crippen molar-refractivity contribution in [2.24, 2.45) is 0 Å². The second-order valence-corrected chi connectivity index (χ2v) is 6.34. The van der Waals surface area contributed by atoms with Crippen LogP contribution >= 0.6 is 0 Å². The number of carbonyl (C=O) groups is 1. The van der Waals surface area contributed by atoms with Crippen LogP contribution in [0, 0.1) is 11.6 Å². The maximum Gasteiger partial charge on any atom is 0.241 e. The Bertz CT molecular complexity index is 780. The Labute approximate surface area is 144 Å². The molecule has 8 heteroatoms. The van der Waals surface area contributed by atoms with Crippen molar-refractivity contribution in [1.29, 1.82) is 0 Å². The molecule has 0 unspecified atom stereocenters. The minimum absolute atomic E-state index is 0.0130. The summed E-state index contributed by atoms with van der Waals surface area (Å²) in [6.45, 7) is 5.48. The summed E-state index contributed by atoms with van der Waals surface area (Å²) in [4.78, 5) is 18.6. The lowest BCUT2D eigenvalue weighted by molar-refractivity contribution is -0.137. The molecule has 2 aromatic rings. The van der Waals surface area contributed by atoms with E-state index in [0.717, 1.165) is 18.6 Å². The zero-order chi connectivity index (χ0) is 18.0. The molecule has 0 radical (unpaired) electrons. The van der Waals surface area contributed by atoms with Gasteiger partial charge in [0.05, 0.1) is 12.1 Å². The van der Waals surface area contributed by atoms with Crippen molar-refractivity contribution in [3.8, 4) is 11.4 Å². The van der Waals surface area contributed by atoms with Gasteiger partial charge in [0.25, 0.3) is 0 Å². The molecule has 1 fully saturated rings. The molecule has 2 heterocycles. The second kappa shape index (κ2) is 6.87. The van der Waals surface area contributed by atoms with Crippen molar-refractivity contribution in [3.05, 3.63) is 35.7 Å². The van der Waals surface area contributed by atoms with Crippen LogP contribution in [0.3, 0.4) is 0 Å². The first-order valence-electron chi connectivity index (χ1n) is 8.25. The molecule has 1 N–H and O–H groups in total. The predicted molar refractivity (Wildman–Crippen MR) is 86.4 cm³/mol. The van der Waals surface area contributed by atoms with Crippen molar-refractivity contribution in [3.63, 3.8) is 0 Å². The van der Waals surface area contributed by atoms with E-state index < -0.39 is 17.2 Å². The van der Waals surface area contributed by atoms with E-state index in [1.807, 2.05) is 18.7 Å². The lowest BCUT2D eigenvalue weighted by Crippen LogP contribution is -2.62. The minimum Gasteiger partial charge on any atom is -0.353 e. The number of aromatic nitrogens is 2. The quantitative estimate of drug-likeness (QED) is 0.897. The molecule has 134 valence electrons. The van der Waals surface area contributed by atoms with Crippen LogP contribution in [0.2, 0.25) is 0 Å². The van der Waals surface area contributed by atoms with Gasteiger partial charge in [0.2, 0.25) is 17.6 Å². The van der Waals surface area contributed by atoms with E-state index in [4.69, 9.17) is 4.52 Å². The number of nitrogens with one attached hydrogen (secondary N) is 1. The minimum atomic E-state index is -0.966. The SMILES string of the molecule is CCC[C@]1(C)C(=O)NCCN1Cc1nc(-c2ccc(F)c(F)c2)no1. The molecule has 1 aliphatic rings. The first-order chi connectivity index (χ1) is 11.9. The fourth-order valence-electron chi connectivity index (χ4n) is 3.13. The Kier molecular flexibility index (Phi) is 4.80. The van der Waals surface area contributed by atoms with Gasteiger partial charge in [-0.3, -0.25) is 9.69 Å². The van der Waals surface area contributed by atoms with Crippen LogP contribution in [-0.4, -0.2) is 39.6 Å². The zero-order valence-electron chi connectivity index (χ0n) is 14.2. The summed E-state index contributed by atoms with van der Waals surface area (Å²) < 4.78 is 31.6. The average Bonchev–Trinajstić information content (AvgIpc) is 3.04. The summed E-state index contributed by atoms with van der Waals surface area (Å²) in [5, 5.41) is 6.72. The van der Waals surface area contributed by atoms with Gasteiger partial charge in [0.15, 0.2) is 11.6 Å². The molecule has 0 saturated carbocycles. The Morgan fingerprint density at radius 2 is 2.16 bits per heavy atom. The number of carbonyl (C=O) groups excluding carboxylic acids is 1. The third-order valence-electron chi connectivity index (χ3n) is 4.56. The van der Waals surface area contributed by atoms with Gasteiger partial charge < -0.3 is 9.84 Å². The molecule has 1 amide bonds. The Morgan fingerprint density at radius 1 is 1.36 bits per heavy atom. The van der Waals surface area contributed by atoms with Crippen molar-refractivity contribution in [2.45, 2.75) is 38.8 Å². The molecule has 1 aromatic carbocycles. The normalized spacial score (nSPS) is 21.4. The van der Waals surface area contributed by atoms with Gasteiger partial charge in [0.1, 0.15) is 0 Å². The average molecular weight is 350 g/mol. The van der Waals surface area contributed by atoms with E-state index in [2.05, 4.69) is 15.5 Å². The molecule has 0 spiro atoms. The van der Waals surface area contributed by atoms with Crippen molar-refractivity contribution in [2.75, 3.05) is 13.1 Å². The number of piperazine rings is 1. The van der Waals surface area contributed by atoms with E-state index >= 15 is 0 Å². The van der Waals surface area contributed by atoms with Crippen LogP contribution in [-0.2, 0) is 11.3 Å². The molecule has 0 aliphatic carbocycles. The number of hydrogen-bond donors (Lipinski definition) is 1. The highest BCUT2D eigenvalue weighted by molar-refractivity contribution is 5.86. The van der Waals surface area contributed by atoms with E-state index in [0.29, 0.717) is 37.5 Å². The number of rotatable bonds is 5. The van der Waals surface area contributed by atoms with E-state index in [1.54, 1.807) is 0 Å². The topological polar surface area (TPSA) is 71.3 Å². The molecule has 1 aromatic heterocycles. The molecule has 3 rings (SSSR count). The summed E-state index contributed by atoms with van der Waals surface area (Å²) >= 11 is 0. The first kappa shape index (κ1) is 17.5. The van der Waals surface area contributed by atoms with Crippen molar-refractivity contribution in [1.82, 2.24) is 20.4 Å². The highest BCUT2D eigenvalue weighted by Gasteiger charge is 2.41. The van der Waals surface area contributed by atoms with Gasteiger partial charge in [-0.1, -0.05) is 18.5 Å². The van der Waals surface area contributed by atoms with Crippen LogP contribution in [0.15, 0.2) is 22.7 Å². The smallest absolute Gasteiger partial charge is 0.241 e. The van der Waals surface area contributed by atoms with Gasteiger partial charge in [-0.25, -0.2) is 8.78 Å². The monoisotopic (exact) mass is 350 g/mol. The van der Waals surface area contributed by atoms with Gasteiger partial charge in [0, 0.05) is 18.7 Å². The summed E-state index contributed by atoms with van der Waals surface area (Å²) in [5.74, 6) is -1.39. The fraction of sp³-hybridized carbons (Fsp3) is 0.471. The molecule has 1 saturated heterocycles. The summed E-state index contributed by atoms with van der Waals surface area (Å²) in [6, 6.07) is 3.44. The molecule has 6 nitrogen and oxygen atoms in total. The standard InChI is InChI=1S/C17H20F2N4O2/c1-3-6-17(2)16(24)20-7-8-23(17)10-14-21-15(22-25-14)11-4-5-12(18)13(19)9-11/h4-5,9H,3,6-8,10H2,1-2H3,(H,20,24)/t17-/m1/s1. The summed E-state index contributed by atoms with van der Waals surface area (Å²) in [5.41, 5.74) is -0.300. The van der Waals surface area contributed by atoms with Crippen molar-refractivity contribution >= 4 is 5.91 Å². The Morgan fingerprint density at radius 3 is 2.88 bits per heavy atom. The van der Waals surface area contributed by atoms with Gasteiger partial charge >= 0.3 is 0 Å². The van der Waals surface area contributed by atoms with Gasteiger partial charge in [-0.15, -0.1) is 0 Å². The lowest BCUT2D eigenvalue weighted by atomic mass is 9.90. The van der Waals surface area contributed by atoms with E-state index in [1.165, 1.54) is 6.07 Å². The predicted octanol–water partition coefficient (Wildman–Crippen LogP) is 2.51. The number of benzene rings is 1. The number of amides is 1. The van der Waals surface area contributed by atoms with Gasteiger partial charge in [-0.2, -0.15) is 4.98 Å². The Balaban J connectivity index is 1.80. The van der Waals surface area contributed by atoms with Crippen LogP contribution in [0.4, 0.5) is 8.78 Å². The fourth-order valence-corrected chi connectivity index (χ4v) is 3.13. The molecule has 1 atom stereocenters. The third-order valence-corrected chi connectivity index (χ3v) is 4.56. The van der Waals surface area contributed by atoms with Crippen LogP contribution in [0.5, 0.6) is 0 Å². The number of halogens is 2.